The molecule has 18 heavy (non-hydrogen) atoms. The van der Waals surface area contributed by atoms with Gasteiger partial charge < -0.3 is 0 Å². The lowest BCUT2D eigenvalue weighted by molar-refractivity contribution is 0.0518. The average molecular weight is 274 g/mol. The second-order valence-corrected chi connectivity index (χ2v) is 5.44. The van der Waals surface area contributed by atoms with E-state index in [1.807, 2.05) is 6.92 Å². The highest BCUT2D eigenvalue weighted by Crippen LogP contribution is 2.30. The lowest BCUT2D eigenvalue weighted by atomic mass is 9.91. The Morgan fingerprint density at radius 3 is 2.56 bits per heavy atom. The first-order chi connectivity index (χ1) is 8.52. The zero-order valence-corrected chi connectivity index (χ0v) is 11.3. The third-order valence-corrected chi connectivity index (χ3v) is 4.07. The third kappa shape index (κ3) is 3.21. The summed E-state index contributed by atoms with van der Waals surface area (Å²) in [5.74, 6) is -0.396. The van der Waals surface area contributed by atoms with Gasteiger partial charge in [-0.15, -0.1) is 0 Å². The minimum absolute atomic E-state index is 0.151. The normalized spacial score (nSPS) is 20.0. The molecule has 0 atom stereocenters. The topological polar surface area (TPSA) is 3.24 Å². The Morgan fingerprint density at radius 2 is 2.00 bits per heavy atom. The van der Waals surface area contributed by atoms with E-state index in [0.717, 1.165) is 18.7 Å². The number of halogens is 3. The number of likely N-dealkylation sites (tertiary alicyclic amines) is 1. The van der Waals surface area contributed by atoms with Gasteiger partial charge in [0.15, 0.2) is 0 Å². The lowest BCUT2D eigenvalue weighted by Gasteiger charge is -2.35. The molecule has 0 radical (unpaired) electrons. The highest BCUT2D eigenvalue weighted by molar-refractivity contribution is 6.30. The standard InChI is InChI=1S/C14H18ClF2N/c1-2-14(17)5-7-18(8-6-14)10-11-3-4-13(16)12(15)9-11/h3-4,9H,2,5-8,10H2,1H3. The average Bonchev–Trinajstić information content (AvgIpc) is 2.37. The molecule has 1 saturated heterocycles. The molecule has 0 spiro atoms. The molecule has 0 amide bonds. The van der Waals surface area contributed by atoms with E-state index in [1.54, 1.807) is 12.1 Å². The van der Waals surface area contributed by atoms with E-state index in [2.05, 4.69) is 4.90 Å². The fraction of sp³-hybridized carbons (Fsp3) is 0.571. The van der Waals surface area contributed by atoms with Gasteiger partial charge in [-0.3, -0.25) is 4.90 Å². The maximum absolute atomic E-state index is 14.0. The number of nitrogens with zero attached hydrogens (tertiary/aromatic N) is 1. The van der Waals surface area contributed by atoms with Crippen LogP contribution in [0.2, 0.25) is 5.02 Å². The van der Waals surface area contributed by atoms with Crippen LogP contribution in [-0.4, -0.2) is 23.7 Å². The van der Waals surface area contributed by atoms with Crippen LogP contribution in [0.1, 0.15) is 31.7 Å². The van der Waals surface area contributed by atoms with Gasteiger partial charge in [-0.05, 0) is 37.0 Å². The Labute approximate surface area is 112 Å². The minimum atomic E-state index is -0.989. The summed E-state index contributed by atoms with van der Waals surface area (Å²) in [6.45, 7) is 4.11. The molecule has 100 valence electrons. The van der Waals surface area contributed by atoms with Crippen LogP contribution in [0.4, 0.5) is 8.78 Å². The summed E-state index contributed by atoms with van der Waals surface area (Å²) in [5.41, 5.74) is -0.0130. The first-order valence-corrected chi connectivity index (χ1v) is 6.75. The smallest absolute Gasteiger partial charge is 0.141 e. The fourth-order valence-corrected chi connectivity index (χ4v) is 2.56. The molecule has 1 aromatic carbocycles. The van der Waals surface area contributed by atoms with E-state index in [4.69, 9.17) is 11.6 Å². The Balaban J connectivity index is 1.93. The van der Waals surface area contributed by atoms with Crippen molar-refractivity contribution in [3.05, 3.63) is 34.6 Å². The number of hydrogen-bond acceptors (Lipinski definition) is 1. The Hall–Kier alpha value is -0.670. The van der Waals surface area contributed by atoms with E-state index in [0.29, 0.717) is 25.8 Å². The first-order valence-electron chi connectivity index (χ1n) is 6.37. The quantitative estimate of drug-likeness (QED) is 0.798. The summed E-state index contributed by atoms with van der Waals surface area (Å²) < 4.78 is 27.1. The van der Waals surface area contributed by atoms with Crippen molar-refractivity contribution < 1.29 is 8.78 Å². The van der Waals surface area contributed by atoms with Gasteiger partial charge >= 0.3 is 0 Å². The first kappa shape index (κ1) is 13.8. The summed E-state index contributed by atoms with van der Waals surface area (Å²) in [7, 11) is 0. The van der Waals surface area contributed by atoms with Gasteiger partial charge in [0.25, 0.3) is 0 Å². The number of hydrogen-bond donors (Lipinski definition) is 0. The molecule has 4 heteroatoms. The van der Waals surface area contributed by atoms with E-state index in [-0.39, 0.29) is 5.02 Å². The number of piperidine rings is 1. The SMILES string of the molecule is CCC1(F)CCN(Cc2ccc(F)c(Cl)c2)CC1. The van der Waals surface area contributed by atoms with Gasteiger partial charge in [0, 0.05) is 19.6 Å². The molecular weight excluding hydrogens is 256 g/mol. The Kier molecular flexibility index (Phi) is 4.23. The number of benzene rings is 1. The van der Waals surface area contributed by atoms with E-state index in [9.17, 15) is 8.78 Å². The van der Waals surface area contributed by atoms with Crippen LogP contribution >= 0.6 is 11.6 Å². The van der Waals surface area contributed by atoms with E-state index < -0.39 is 11.5 Å². The highest BCUT2D eigenvalue weighted by Gasteiger charge is 2.32. The van der Waals surface area contributed by atoms with Crippen molar-refractivity contribution in [3.63, 3.8) is 0 Å². The van der Waals surface area contributed by atoms with Crippen LogP contribution in [0.5, 0.6) is 0 Å². The van der Waals surface area contributed by atoms with Gasteiger partial charge in [-0.2, -0.15) is 0 Å². The van der Waals surface area contributed by atoms with Crippen LogP contribution < -0.4 is 0 Å². The van der Waals surface area contributed by atoms with E-state index in [1.165, 1.54) is 6.07 Å². The zero-order valence-electron chi connectivity index (χ0n) is 10.6. The zero-order chi connectivity index (χ0) is 13.2. The third-order valence-electron chi connectivity index (χ3n) is 3.78. The van der Waals surface area contributed by atoms with Crippen molar-refractivity contribution in [2.24, 2.45) is 0 Å². The maximum atomic E-state index is 14.0. The van der Waals surface area contributed by atoms with Crippen molar-refractivity contribution in [2.75, 3.05) is 13.1 Å². The molecule has 0 aromatic heterocycles. The number of rotatable bonds is 3. The monoisotopic (exact) mass is 273 g/mol. The molecule has 1 fully saturated rings. The fourth-order valence-electron chi connectivity index (χ4n) is 2.36. The lowest BCUT2D eigenvalue weighted by Crippen LogP contribution is -2.40. The summed E-state index contributed by atoms with van der Waals surface area (Å²) >= 11 is 5.75. The van der Waals surface area contributed by atoms with Crippen molar-refractivity contribution >= 4 is 11.6 Å². The van der Waals surface area contributed by atoms with Crippen LogP contribution in [0.3, 0.4) is 0 Å². The molecule has 0 saturated carbocycles. The van der Waals surface area contributed by atoms with E-state index >= 15 is 0 Å². The van der Waals surface area contributed by atoms with Crippen molar-refractivity contribution in [3.8, 4) is 0 Å². The second kappa shape index (κ2) is 5.54. The van der Waals surface area contributed by atoms with Crippen LogP contribution in [0.15, 0.2) is 18.2 Å². The molecular formula is C14H18ClF2N. The molecule has 1 aliphatic rings. The summed E-state index contributed by atoms with van der Waals surface area (Å²) in [5, 5.41) is 0.151. The molecule has 1 aliphatic heterocycles. The molecule has 0 N–H and O–H groups in total. The van der Waals surface area contributed by atoms with Gasteiger partial charge in [-0.1, -0.05) is 24.6 Å². The summed E-state index contributed by atoms with van der Waals surface area (Å²) in [6, 6.07) is 4.76. The van der Waals surface area contributed by atoms with Crippen molar-refractivity contribution in [1.29, 1.82) is 0 Å². The molecule has 1 nitrogen and oxygen atoms in total. The molecule has 0 bridgehead atoms. The van der Waals surface area contributed by atoms with Crippen LogP contribution in [0, 0.1) is 5.82 Å². The van der Waals surface area contributed by atoms with Crippen molar-refractivity contribution in [2.45, 2.75) is 38.4 Å². The minimum Gasteiger partial charge on any atom is -0.299 e. The second-order valence-electron chi connectivity index (χ2n) is 5.03. The van der Waals surface area contributed by atoms with Crippen LogP contribution in [-0.2, 0) is 6.54 Å². The number of alkyl halides is 1. The highest BCUT2D eigenvalue weighted by atomic mass is 35.5. The van der Waals surface area contributed by atoms with Gasteiger partial charge in [0.2, 0.25) is 0 Å². The predicted molar refractivity (Wildman–Crippen MR) is 70.1 cm³/mol. The molecule has 2 rings (SSSR count). The molecule has 1 heterocycles. The Bertz CT molecular complexity index is 414. The molecule has 1 aromatic rings. The summed E-state index contributed by atoms with van der Waals surface area (Å²) in [4.78, 5) is 2.19. The maximum Gasteiger partial charge on any atom is 0.141 e. The van der Waals surface area contributed by atoms with Gasteiger partial charge in [-0.25, -0.2) is 8.78 Å². The van der Waals surface area contributed by atoms with Crippen LogP contribution in [0.25, 0.3) is 0 Å². The molecule has 0 aliphatic carbocycles. The summed E-state index contributed by atoms with van der Waals surface area (Å²) in [6.07, 6.45) is 1.75. The van der Waals surface area contributed by atoms with Crippen molar-refractivity contribution in [1.82, 2.24) is 4.90 Å². The van der Waals surface area contributed by atoms with Gasteiger partial charge in [0.1, 0.15) is 11.5 Å². The molecule has 0 unspecified atom stereocenters. The Morgan fingerprint density at radius 1 is 1.33 bits per heavy atom. The predicted octanol–water partition coefficient (Wildman–Crippen LogP) is 4.19. The van der Waals surface area contributed by atoms with Gasteiger partial charge in [0.05, 0.1) is 5.02 Å². The largest absolute Gasteiger partial charge is 0.299 e.